The van der Waals surface area contributed by atoms with Gasteiger partial charge in [-0.15, -0.1) is 0 Å². The molecule has 0 amide bonds. The van der Waals surface area contributed by atoms with E-state index in [2.05, 4.69) is 32.6 Å². The molecule has 0 saturated heterocycles. The second-order valence-corrected chi connectivity index (χ2v) is 5.73. The molecular weight excluding hydrogens is 264 g/mol. The quantitative estimate of drug-likeness (QED) is 0.590. The third kappa shape index (κ3) is 5.76. The molecule has 0 saturated carbocycles. The summed E-state index contributed by atoms with van der Waals surface area (Å²) in [5, 5.41) is 0. The molecule has 1 aromatic rings. The lowest BCUT2D eigenvalue weighted by Crippen LogP contribution is -2.40. The molecule has 4 heteroatoms. The van der Waals surface area contributed by atoms with Gasteiger partial charge in [-0.1, -0.05) is 27.7 Å². The van der Waals surface area contributed by atoms with Gasteiger partial charge >= 0.3 is 5.97 Å². The predicted molar refractivity (Wildman–Crippen MR) is 87.3 cm³/mol. The number of carbonyl (C=O) groups is 1. The molecule has 1 rings (SSSR count). The average molecular weight is 292 g/mol. The van der Waals surface area contributed by atoms with Crippen LogP contribution in [-0.4, -0.2) is 36.6 Å². The Morgan fingerprint density at radius 3 is 2.24 bits per heavy atom. The van der Waals surface area contributed by atoms with Gasteiger partial charge in [-0.05, 0) is 49.7 Å². The van der Waals surface area contributed by atoms with Crippen LogP contribution in [0.3, 0.4) is 0 Å². The number of esters is 1. The highest BCUT2D eigenvalue weighted by Gasteiger charge is 2.19. The maximum absolute atomic E-state index is 12.1. The highest BCUT2D eigenvalue weighted by Crippen LogP contribution is 2.13. The Labute approximate surface area is 128 Å². The van der Waals surface area contributed by atoms with Crippen LogP contribution in [0.25, 0.3) is 0 Å². The second-order valence-electron chi connectivity index (χ2n) is 5.73. The van der Waals surface area contributed by atoms with Gasteiger partial charge in [-0.2, -0.15) is 0 Å². The molecule has 4 nitrogen and oxygen atoms in total. The van der Waals surface area contributed by atoms with Crippen LogP contribution in [0.4, 0.5) is 5.69 Å². The van der Waals surface area contributed by atoms with Crippen molar-refractivity contribution in [2.45, 2.75) is 40.2 Å². The number of nitrogens with zero attached hydrogens (tertiary/aromatic N) is 1. The molecular formula is C17H28N2O2. The molecule has 0 heterocycles. The molecule has 0 aromatic heterocycles. The number of benzene rings is 1. The maximum Gasteiger partial charge on any atom is 0.338 e. The largest absolute Gasteiger partial charge is 0.460 e. The first-order valence-corrected chi connectivity index (χ1v) is 7.74. The van der Waals surface area contributed by atoms with Crippen LogP contribution in [0.2, 0.25) is 0 Å². The minimum Gasteiger partial charge on any atom is -0.460 e. The van der Waals surface area contributed by atoms with Crippen LogP contribution in [0, 0.1) is 5.92 Å². The van der Waals surface area contributed by atoms with Crippen molar-refractivity contribution in [3.8, 4) is 0 Å². The van der Waals surface area contributed by atoms with Gasteiger partial charge in [-0.3, -0.25) is 4.90 Å². The second kappa shape index (κ2) is 8.67. The van der Waals surface area contributed by atoms with Gasteiger partial charge in [0, 0.05) is 11.7 Å². The van der Waals surface area contributed by atoms with Crippen LogP contribution < -0.4 is 5.73 Å². The Balaban J connectivity index is 2.62. The van der Waals surface area contributed by atoms with Crippen LogP contribution >= 0.6 is 0 Å². The van der Waals surface area contributed by atoms with Crippen molar-refractivity contribution in [1.29, 1.82) is 0 Å². The Kier molecular flexibility index (Phi) is 7.23. The summed E-state index contributed by atoms with van der Waals surface area (Å²) in [6.07, 6.45) is 1.02. The smallest absolute Gasteiger partial charge is 0.338 e. The highest BCUT2D eigenvalue weighted by molar-refractivity contribution is 5.89. The van der Waals surface area contributed by atoms with E-state index in [1.165, 1.54) is 0 Å². The first-order chi connectivity index (χ1) is 9.97. The van der Waals surface area contributed by atoms with E-state index in [9.17, 15) is 4.79 Å². The Hall–Kier alpha value is -1.55. The first kappa shape index (κ1) is 17.5. The van der Waals surface area contributed by atoms with Crippen LogP contribution in [0.1, 0.15) is 44.5 Å². The summed E-state index contributed by atoms with van der Waals surface area (Å²) < 4.78 is 5.49. The molecule has 1 atom stereocenters. The molecule has 1 aromatic carbocycles. The summed E-state index contributed by atoms with van der Waals surface area (Å²) in [4.78, 5) is 14.4. The lowest BCUT2D eigenvalue weighted by molar-refractivity contribution is 0.0331. The number of nitrogen functional groups attached to an aromatic ring is 1. The van der Waals surface area contributed by atoms with Gasteiger partial charge < -0.3 is 10.5 Å². The van der Waals surface area contributed by atoms with Gasteiger partial charge in [0.25, 0.3) is 0 Å². The average Bonchev–Trinajstić information content (AvgIpc) is 2.45. The molecule has 0 unspecified atom stereocenters. The Morgan fingerprint density at radius 1 is 1.19 bits per heavy atom. The standard InChI is InChI=1S/C17H28N2O2/c1-5-19(6-2)16(11-13(3)4)12-21-17(20)14-7-9-15(18)10-8-14/h7-10,13,16H,5-6,11-12,18H2,1-4H3/t16-/m1/s1. The molecule has 0 aliphatic heterocycles. The first-order valence-electron chi connectivity index (χ1n) is 7.74. The van der Waals surface area contributed by atoms with Gasteiger partial charge in [0.1, 0.15) is 6.61 Å². The fourth-order valence-electron chi connectivity index (χ4n) is 2.48. The third-order valence-corrected chi connectivity index (χ3v) is 3.63. The fourth-order valence-corrected chi connectivity index (χ4v) is 2.48. The zero-order valence-electron chi connectivity index (χ0n) is 13.6. The molecule has 118 valence electrons. The van der Waals surface area contributed by atoms with Crippen molar-refractivity contribution in [3.05, 3.63) is 29.8 Å². The molecule has 0 bridgehead atoms. The SMILES string of the molecule is CCN(CC)[C@@H](COC(=O)c1ccc(N)cc1)CC(C)C. The van der Waals surface area contributed by atoms with E-state index in [0.717, 1.165) is 19.5 Å². The minimum absolute atomic E-state index is 0.276. The van der Waals surface area contributed by atoms with Gasteiger partial charge in [0.2, 0.25) is 0 Å². The highest BCUT2D eigenvalue weighted by atomic mass is 16.5. The van der Waals surface area contributed by atoms with Crippen molar-refractivity contribution in [3.63, 3.8) is 0 Å². The monoisotopic (exact) mass is 292 g/mol. The van der Waals surface area contributed by atoms with E-state index < -0.39 is 0 Å². The summed E-state index contributed by atoms with van der Waals surface area (Å²) in [5.41, 5.74) is 6.81. The fraction of sp³-hybridized carbons (Fsp3) is 0.588. The molecule has 21 heavy (non-hydrogen) atoms. The normalized spacial score (nSPS) is 12.7. The Bertz CT molecular complexity index is 425. The molecule has 0 fully saturated rings. The van der Waals surface area contributed by atoms with Crippen molar-refractivity contribution >= 4 is 11.7 Å². The van der Waals surface area contributed by atoms with Gasteiger partial charge in [-0.25, -0.2) is 4.79 Å². The number of rotatable bonds is 8. The summed E-state index contributed by atoms with van der Waals surface area (Å²) in [5.74, 6) is 0.293. The van der Waals surface area contributed by atoms with Crippen molar-refractivity contribution in [2.24, 2.45) is 5.92 Å². The molecule has 2 N–H and O–H groups in total. The molecule has 0 aliphatic carbocycles. The van der Waals surface area contributed by atoms with E-state index in [0.29, 0.717) is 23.8 Å². The molecule has 0 aliphatic rings. The van der Waals surface area contributed by atoms with Gasteiger partial charge in [0.05, 0.1) is 5.56 Å². The summed E-state index contributed by atoms with van der Waals surface area (Å²) in [6, 6.07) is 7.11. The number of hydrogen-bond acceptors (Lipinski definition) is 4. The summed E-state index contributed by atoms with van der Waals surface area (Å²) in [6.45, 7) is 11.0. The number of likely N-dealkylation sites (N-methyl/N-ethyl adjacent to an activating group) is 1. The molecule has 0 spiro atoms. The van der Waals surface area contributed by atoms with Crippen LogP contribution in [0.15, 0.2) is 24.3 Å². The number of carbonyl (C=O) groups excluding carboxylic acids is 1. The third-order valence-electron chi connectivity index (χ3n) is 3.63. The summed E-state index contributed by atoms with van der Waals surface area (Å²) >= 11 is 0. The lowest BCUT2D eigenvalue weighted by atomic mass is 10.0. The predicted octanol–water partition coefficient (Wildman–Crippen LogP) is 3.18. The van der Waals surface area contributed by atoms with Crippen molar-refractivity contribution in [2.75, 3.05) is 25.4 Å². The lowest BCUT2D eigenvalue weighted by Gasteiger charge is -2.30. The number of anilines is 1. The topological polar surface area (TPSA) is 55.6 Å². The van der Waals surface area contributed by atoms with Crippen LogP contribution in [0.5, 0.6) is 0 Å². The summed E-state index contributed by atoms with van der Waals surface area (Å²) in [7, 11) is 0. The number of ether oxygens (including phenoxy) is 1. The zero-order chi connectivity index (χ0) is 15.8. The Morgan fingerprint density at radius 2 is 1.76 bits per heavy atom. The van der Waals surface area contributed by atoms with E-state index in [4.69, 9.17) is 10.5 Å². The van der Waals surface area contributed by atoms with Crippen LogP contribution in [-0.2, 0) is 4.74 Å². The number of hydrogen-bond donors (Lipinski definition) is 1. The molecule has 0 radical (unpaired) electrons. The minimum atomic E-state index is -0.282. The number of nitrogens with two attached hydrogens (primary N) is 1. The van der Waals surface area contributed by atoms with Crippen molar-refractivity contribution < 1.29 is 9.53 Å². The van der Waals surface area contributed by atoms with E-state index in [-0.39, 0.29) is 12.0 Å². The van der Waals surface area contributed by atoms with E-state index in [1.54, 1.807) is 24.3 Å². The maximum atomic E-state index is 12.1. The van der Waals surface area contributed by atoms with Crippen molar-refractivity contribution in [1.82, 2.24) is 4.90 Å². The van der Waals surface area contributed by atoms with E-state index >= 15 is 0 Å². The van der Waals surface area contributed by atoms with Gasteiger partial charge in [0.15, 0.2) is 0 Å². The van der Waals surface area contributed by atoms with E-state index in [1.807, 2.05) is 0 Å². The zero-order valence-corrected chi connectivity index (χ0v) is 13.6.